The van der Waals surface area contributed by atoms with E-state index in [1.54, 1.807) is 0 Å². The number of hydrogen-bond acceptors (Lipinski definition) is 3. The first-order valence-electron chi connectivity index (χ1n) is 6.45. The van der Waals surface area contributed by atoms with Crippen molar-refractivity contribution in [3.05, 3.63) is 35.9 Å². The topological polar surface area (TPSA) is 29.3 Å². The van der Waals surface area contributed by atoms with Gasteiger partial charge in [-0.05, 0) is 24.3 Å². The molecule has 3 heteroatoms. The summed E-state index contributed by atoms with van der Waals surface area (Å²) in [7, 11) is 0. The number of nitrogens with two attached hydrogens (primary N) is 1. The van der Waals surface area contributed by atoms with Crippen LogP contribution in [0.4, 0.5) is 0 Å². The molecule has 0 amide bonds. The molecular formula is C14H22N2S. The van der Waals surface area contributed by atoms with Crippen LogP contribution >= 0.6 is 11.8 Å². The lowest BCUT2D eigenvalue weighted by atomic mass is 9.98. The summed E-state index contributed by atoms with van der Waals surface area (Å²) in [6.45, 7) is 4.30. The predicted molar refractivity (Wildman–Crippen MR) is 76.6 cm³/mol. The number of hydrogen-bond donors (Lipinski definition) is 1. The van der Waals surface area contributed by atoms with Crippen molar-refractivity contribution in [1.29, 1.82) is 0 Å². The molecule has 94 valence electrons. The van der Waals surface area contributed by atoms with Gasteiger partial charge in [-0.15, -0.1) is 0 Å². The maximum absolute atomic E-state index is 5.93. The smallest absolute Gasteiger partial charge is 0.00888 e. The second-order valence-electron chi connectivity index (χ2n) is 4.61. The minimum atomic E-state index is 0.485. The second kappa shape index (κ2) is 7.04. The van der Waals surface area contributed by atoms with Gasteiger partial charge in [0.25, 0.3) is 0 Å². The van der Waals surface area contributed by atoms with E-state index in [9.17, 15) is 0 Å². The van der Waals surface area contributed by atoms with Gasteiger partial charge >= 0.3 is 0 Å². The Morgan fingerprint density at radius 2 is 2.00 bits per heavy atom. The number of rotatable bonds is 4. The zero-order chi connectivity index (χ0) is 11.9. The lowest BCUT2D eigenvalue weighted by molar-refractivity contribution is 0.277. The number of nitrogens with zero attached hydrogens (tertiary/aromatic N) is 1. The molecule has 2 rings (SSSR count). The van der Waals surface area contributed by atoms with Crippen molar-refractivity contribution >= 4 is 11.8 Å². The van der Waals surface area contributed by atoms with Gasteiger partial charge in [0.2, 0.25) is 0 Å². The van der Waals surface area contributed by atoms with Crippen molar-refractivity contribution in [3.63, 3.8) is 0 Å². The van der Waals surface area contributed by atoms with E-state index in [4.69, 9.17) is 5.73 Å². The van der Waals surface area contributed by atoms with Crippen LogP contribution in [0.25, 0.3) is 0 Å². The minimum absolute atomic E-state index is 0.485. The molecule has 1 heterocycles. The molecule has 17 heavy (non-hydrogen) atoms. The Bertz CT molecular complexity index is 307. The molecule has 1 atom stereocenters. The van der Waals surface area contributed by atoms with Gasteiger partial charge in [0, 0.05) is 31.3 Å². The van der Waals surface area contributed by atoms with Crippen LogP contribution in [-0.4, -0.2) is 42.6 Å². The molecule has 0 radical (unpaired) electrons. The summed E-state index contributed by atoms with van der Waals surface area (Å²) in [5, 5.41) is 0. The fraction of sp³-hybridized carbons (Fsp3) is 0.571. The predicted octanol–water partition coefficient (Wildman–Crippen LogP) is 2.17. The van der Waals surface area contributed by atoms with Crippen molar-refractivity contribution in [3.8, 4) is 0 Å². The van der Waals surface area contributed by atoms with E-state index in [2.05, 4.69) is 47.0 Å². The maximum Gasteiger partial charge on any atom is 0.00888 e. The van der Waals surface area contributed by atoms with Crippen molar-refractivity contribution in [2.24, 2.45) is 5.73 Å². The highest BCUT2D eigenvalue weighted by Gasteiger charge is 2.15. The first-order valence-corrected chi connectivity index (χ1v) is 7.60. The van der Waals surface area contributed by atoms with Crippen LogP contribution in [0.5, 0.6) is 0 Å². The standard InChI is InChI=1S/C14H22N2S/c15-11-14(13-5-2-1-3-6-13)12-16-7-4-9-17-10-8-16/h1-3,5-6,14H,4,7-12,15H2. The van der Waals surface area contributed by atoms with Gasteiger partial charge in [-0.25, -0.2) is 0 Å². The molecule has 2 nitrogen and oxygen atoms in total. The van der Waals surface area contributed by atoms with Crippen LogP contribution in [-0.2, 0) is 0 Å². The van der Waals surface area contributed by atoms with Gasteiger partial charge in [0.05, 0.1) is 0 Å². The fourth-order valence-corrected chi connectivity index (χ4v) is 3.26. The van der Waals surface area contributed by atoms with Gasteiger partial charge in [0.1, 0.15) is 0 Å². The summed E-state index contributed by atoms with van der Waals surface area (Å²) in [5.41, 5.74) is 7.31. The van der Waals surface area contributed by atoms with Gasteiger partial charge in [-0.3, -0.25) is 0 Å². The van der Waals surface area contributed by atoms with Gasteiger partial charge in [0.15, 0.2) is 0 Å². The zero-order valence-electron chi connectivity index (χ0n) is 10.3. The molecule has 1 aromatic carbocycles. The van der Waals surface area contributed by atoms with E-state index in [-0.39, 0.29) is 0 Å². The molecule has 0 aliphatic carbocycles. The highest BCUT2D eigenvalue weighted by molar-refractivity contribution is 7.99. The van der Waals surface area contributed by atoms with E-state index in [0.717, 1.165) is 13.1 Å². The number of thioether (sulfide) groups is 1. The Balaban J connectivity index is 1.94. The average Bonchev–Trinajstić information content (AvgIpc) is 2.65. The second-order valence-corrected chi connectivity index (χ2v) is 5.83. The van der Waals surface area contributed by atoms with E-state index in [0.29, 0.717) is 5.92 Å². The zero-order valence-corrected chi connectivity index (χ0v) is 11.2. The largest absolute Gasteiger partial charge is 0.330 e. The molecule has 0 aromatic heterocycles. The molecule has 1 aliphatic heterocycles. The molecule has 0 bridgehead atoms. The van der Waals surface area contributed by atoms with E-state index >= 15 is 0 Å². The third-order valence-electron chi connectivity index (χ3n) is 3.35. The van der Waals surface area contributed by atoms with Gasteiger partial charge in [-0.1, -0.05) is 30.3 Å². The average molecular weight is 250 g/mol. The molecule has 2 N–H and O–H groups in total. The Morgan fingerprint density at radius 3 is 2.76 bits per heavy atom. The molecule has 1 unspecified atom stereocenters. The molecule has 0 saturated carbocycles. The van der Waals surface area contributed by atoms with Crippen LogP contribution in [0.15, 0.2) is 30.3 Å². The molecule has 1 saturated heterocycles. The summed E-state index contributed by atoms with van der Waals surface area (Å²) >= 11 is 2.08. The summed E-state index contributed by atoms with van der Waals surface area (Å²) in [6, 6.07) is 10.7. The lowest BCUT2D eigenvalue weighted by Crippen LogP contribution is -2.33. The SMILES string of the molecule is NCC(CN1CCCSCC1)c1ccccc1. The Morgan fingerprint density at radius 1 is 1.18 bits per heavy atom. The summed E-state index contributed by atoms with van der Waals surface area (Å²) in [6.07, 6.45) is 1.32. The molecular weight excluding hydrogens is 228 g/mol. The third-order valence-corrected chi connectivity index (χ3v) is 4.40. The molecule has 1 aliphatic rings. The molecule has 0 spiro atoms. The van der Waals surface area contributed by atoms with E-state index in [1.165, 1.54) is 36.6 Å². The van der Waals surface area contributed by atoms with E-state index < -0.39 is 0 Å². The number of benzene rings is 1. The Kier molecular flexibility index (Phi) is 5.36. The third kappa shape index (κ3) is 4.02. The van der Waals surface area contributed by atoms with Crippen LogP contribution in [0.1, 0.15) is 17.9 Å². The summed E-state index contributed by atoms with van der Waals surface area (Å²) in [4.78, 5) is 2.57. The first kappa shape index (κ1) is 12.9. The van der Waals surface area contributed by atoms with Crippen molar-refractivity contribution in [1.82, 2.24) is 4.90 Å². The highest BCUT2D eigenvalue weighted by atomic mass is 32.2. The van der Waals surface area contributed by atoms with E-state index in [1.807, 2.05) is 0 Å². The van der Waals surface area contributed by atoms with Gasteiger partial charge in [-0.2, -0.15) is 11.8 Å². The Hall–Kier alpha value is -0.510. The monoisotopic (exact) mass is 250 g/mol. The van der Waals surface area contributed by atoms with Crippen molar-refractivity contribution < 1.29 is 0 Å². The fourth-order valence-electron chi connectivity index (χ4n) is 2.33. The normalized spacial score (nSPS) is 19.8. The highest BCUT2D eigenvalue weighted by Crippen LogP contribution is 2.18. The van der Waals surface area contributed by atoms with Crippen molar-refractivity contribution in [2.45, 2.75) is 12.3 Å². The maximum atomic E-state index is 5.93. The van der Waals surface area contributed by atoms with Gasteiger partial charge < -0.3 is 10.6 Å². The first-order chi connectivity index (χ1) is 8.40. The molecule has 1 aromatic rings. The van der Waals surface area contributed by atoms with Crippen LogP contribution in [0.3, 0.4) is 0 Å². The van der Waals surface area contributed by atoms with Crippen molar-refractivity contribution in [2.75, 3.05) is 37.7 Å². The van der Waals surface area contributed by atoms with Crippen LogP contribution in [0.2, 0.25) is 0 Å². The summed E-state index contributed by atoms with van der Waals surface area (Å²) < 4.78 is 0. The lowest BCUT2D eigenvalue weighted by Gasteiger charge is -2.25. The molecule has 1 fully saturated rings. The van der Waals surface area contributed by atoms with Crippen LogP contribution in [0, 0.1) is 0 Å². The minimum Gasteiger partial charge on any atom is -0.330 e. The van der Waals surface area contributed by atoms with Crippen LogP contribution < -0.4 is 5.73 Å². The Labute approximate surface area is 109 Å². The summed E-state index contributed by atoms with van der Waals surface area (Å²) in [5.74, 6) is 3.07. The quantitative estimate of drug-likeness (QED) is 0.888.